The Hall–Kier alpha value is -0.570. The molecular weight excluding hydrogens is 419 g/mol. The van der Waals surface area contributed by atoms with Gasteiger partial charge in [0.05, 0.1) is 7.11 Å². The monoisotopic (exact) mass is 452 g/mol. The van der Waals surface area contributed by atoms with E-state index >= 15 is 0 Å². The summed E-state index contributed by atoms with van der Waals surface area (Å²) in [6.45, 7) is 3.17. The van der Waals surface area contributed by atoms with Crippen LogP contribution in [0.2, 0.25) is 0 Å². The summed E-state index contributed by atoms with van der Waals surface area (Å²) in [5, 5.41) is 6.88. The Morgan fingerprint density at radius 3 is 2.67 bits per heavy atom. The molecule has 0 aromatic rings. The fourth-order valence-electron chi connectivity index (χ4n) is 3.60. The summed E-state index contributed by atoms with van der Waals surface area (Å²) in [6, 6.07) is 1.31. The molecule has 1 atom stereocenters. The third-order valence-electron chi connectivity index (χ3n) is 4.95. The molecule has 6 nitrogen and oxygen atoms in total. The highest BCUT2D eigenvalue weighted by Gasteiger charge is 2.30. The second kappa shape index (κ2) is 11.9. The molecule has 0 aromatic carbocycles. The molecule has 1 aliphatic heterocycles. The van der Waals surface area contributed by atoms with E-state index in [9.17, 15) is 4.79 Å². The highest BCUT2D eigenvalue weighted by Crippen LogP contribution is 2.26. The van der Waals surface area contributed by atoms with Crippen LogP contribution in [0, 0.1) is 0 Å². The van der Waals surface area contributed by atoms with Crippen molar-refractivity contribution in [1.29, 1.82) is 0 Å². The number of methoxy groups -OCH3 is 1. The molecule has 140 valence electrons. The van der Waals surface area contributed by atoms with Gasteiger partial charge in [-0.15, -0.1) is 24.0 Å². The first kappa shape index (κ1) is 21.5. The Morgan fingerprint density at radius 2 is 2.00 bits per heavy atom. The minimum Gasteiger partial charge on any atom is -0.469 e. The predicted octanol–water partition coefficient (Wildman–Crippen LogP) is 2.13. The molecule has 2 N–H and O–H groups in total. The van der Waals surface area contributed by atoms with Gasteiger partial charge in [-0.05, 0) is 32.1 Å². The molecule has 2 aliphatic rings. The maximum atomic E-state index is 11.1. The molecule has 2 fully saturated rings. The van der Waals surface area contributed by atoms with Crippen LogP contribution in [0.3, 0.4) is 0 Å². The van der Waals surface area contributed by atoms with Crippen molar-refractivity contribution in [3.63, 3.8) is 0 Å². The molecule has 1 aliphatic carbocycles. The summed E-state index contributed by atoms with van der Waals surface area (Å²) in [6.07, 6.45) is 9.01. The molecule has 1 saturated heterocycles. The molecule has 0 radical (unpaired) electrons. The van der Waals surface area contributed by atoms with Gasteiger partial charge in [-0.25, -0.2) is 0 Å². The summed E-state index contributed by atoms with van der Waals surface area (Å²) >= 11 is 0. The Labute approximate surface area is 163 Å². The van der Waals surface area contributed by atoms with Crippen molar-refractivity contribution in [3.05, 3.63) is 0 Å². The zero-order chi connectivity index (χ0) is 16.5. The van der Waals surface area contributed by atoms with E-state index in [-0.39, 0.29) is 29.9 Å². The van der Waals surface area contributed by atoms with Crippen molar-refractivity contribution in [2.45, 2.75) is 63.5 Å². The summed E-state index contributed by atoms with van der Waals surface area (Å²) in [5.41, 5.74) is 0. The maximum Gasteiger partial charge on any atom is 0.305 e. The zero-order valence-electron chi connectivity index (χ0n) is 15.1. The molecule has 1 heterocycles. The van der Waals surface area contributed by atoms with E-state index in [1.165, 1.54) is 45.8 Å². The van der Waals surface area contributed by atoms with Gasteiger partial charge >= 0.3 is 5.97 Å². The number of hydrogen-bond acceptors (Lipinski definition) is 4. The van der Waals surface area contributed by atoms with Gasteiger partial charge in [-0.2, -0.15) is 0 Å². The number of unbranched alkanes of at least 4 members (excludes halogenated alkanes) is 1. The number of ether oxygens (including phenoxy) is 1. The van der Waals surface area contributed by atoms with Gasteiger partial charge < -0.3 is 15.4 Å². The van der Waals surface area contributed by atoms with E-state index in [2.05, 4.69) is 25.3 Å². The van der Waals surface area contributed by atoms with Gasteiger partial charge in [0.15, 0.2) is 5.96 Å². The van der Waals surface area contributed by atoms with Crippen molar-refractivity contribution < 1.29 is 9.53 Å². The number of aliphatic imine (C=N–C) groups is 1. The highest BCUT2D eigenvalue weighted by molar-refractivity contribution is 14.0. The lowest BCUT2D eigenvalue weighted by atomic mass is 10.2. The first-order valence-corrected chi connectivity index (χ1v) is 9.01. The van der Waals surface area contributed by atoms with E-state index in [1.807, 2.05) is 7.05 Å². The van der Waals surface area contributed by atoms with E-state index in [1.54, 1.807) is 0 Å². The number of hydrogen-bond donors (Lipinski definition) is 2. The van der Waals surface area contributed by atoms with Gasteiger partial charge in [0.1, 0.15) is 0 Å². The molecule has 0 amide bonds. The summed E-state index contributed by atoms with van der Waals surface area (Å²) in [5.74, 6) is 0.742. The number of guanidine groups is 1. The topological polar surface area (TPSA) is 66.0 Å². The number of carbonyl (C=O) groups is 1. The van der Waals surface area contributed by atoms with Crippen molar-refractivity contribution in [2.24, 2.45) is 4.99 Å². The Bertz CT molecular complexity index is 400. The fourth-order valence-corrected chi connectivity index (χ4v) is 3.60. The van der Waals surface area contributed by atoms with E-state index in [4.69, 9.17) is 0 Å². The SMILES string of the molecule is CN=C(NCCCCC(=O)OC)NC1CCN(C2CCCC2)C1.I. The molecule has 0 spiro atoms. The van der Waals surface area contributed by atoms with Crippen LogP contribution in [0.5, 0.6) is 0 Å². The van der Waals surface area contributed by atoms with Crippen LogP contribution in [-0.4, -0.2) is 62.7 Å². The van der Waals surface area contributed by atoms with Crippen LogP contribution in [0.15, 0.2) is 4.99 Å². The number of nitrogens with one attached hydrogen (secondary N) is 2. The smallest absolute Gasteiger partial charge is 0.305 e. The number of carbonyl (C=O) groups excluding carboxylic acids is 1. The van der Waals surface area contributed by atoms with E-state index in [0.29, 0.717) is 12.5 Å². The standard InChI is InChI=1S/C17H32N4O2.HI/c1-18-17(19-11-6-5-9-16(22)23-2)20-14-10-12-21(13-14)15-7-3-4-8-15;/h14-15H,3-13H2,1-2H3,(H2,18,19,20);1H. The van der Waals surface area contributed by atoms with Gasteiger partial charge in [0, 0.05) is 45.2 Å². The fraction of sp³-hybridized carbons (Fsp3) is 0.882. The number of esters is 1. The lowest BCUT2D eigenvalue weighted by Crippen LogP contribution is -2.45. The second-order valence-electron chi connectivity index (χ2n) is 6.60. The number of rotatable bonds is 7. The molecule has 0 aromatic heterocycles. The van der Waals surface area contributed by atoms with Crippen molar-refractivity contribution in [1.82, 2.24) is 15.5 Å². The van der Waals surface area contributed by atoms with E-state index < -0.39 is 0 Å². The van der Waals surface area contributed by atoms with Crippen LogP contribution >= 0.6 is 24.0 Å². The molecule has 1 saturated carbocycles. The van der Waals surface area contributed by atoms with Gasteiger partial charge in [0.25, 0.3) is 0 Å². The van der Waals surface area contributed by atoms with Crippen LogP contribution in [0.4, 0.5) is 0 Å². The van der Waals surface area contributed by atoms with Crippen LogP contribution in [0.1, 0.15) is 51.4 Å². The average molecular weight is 452 g/mol. The Balaban J connectivity index is 0.00000288. The molecular formula is C17H33IN4O2. The summed E-state index contributed by atoms with van der Waals surface area (Å²) < 4.78 is 4.64. The molecule has 2 rings (SSSR count). The molecule has 1 unspecified atom stereocenters. The minimum atomic E-state index is -0.134. The number of halogens is 1. The van der Waals surface area contributed by atoms with Crippen LogP contribution < -0.4 is 10.6 Å². The van der Waals surface area contributed by atoms with Gasteiger partial charge in [-0.3, -0.25) is 14.7 Å². The normalized spacial score (nSPS) is 22.2. The first-order valence-electron chi connectivity index (χ1n) is 9.01. The quantitative estimate of drug-likeness (QED) is 0.204. The van der Waals surface area contributed by atoms with E-state index in [0.717, 1.165) is 37.9 Å². The van der Waals surface area contributed by atoms with Gasteiger partial charge in [0.2, 0.25) is 0 Å². The van der Waals surface area contributed by atoms with Gasteiger partial charge in [-0.1, -0.05) is 12.8 Å². The lowest BCUT2D eigenvalue weighted by molar-refractivity contribution is -0.140. The Kier molecular flexibility index (Phi) is 10.6. The predicted molar refractivity (Wildman–Crippen MR) is 108 cm³/mol. The maximum absolute atomic E-state index is 11.1. The summed E-state index contributed by atoms with van der Waals surface area (Å²) in [4.78, 5) is 18.0. The van der Waals surface area contributed by atoms with Crippen molar-refractivity contribution >= 4 is 35.9 Å². The van der Waals surface area contributed by atoms with Crippen LogP contribution in [0.25, 0.3) is 0 Å². The molecule has 7 heteroatoms. The third kappa shape index (κ3) is 7.13. The molecule has 0 bridgehead atoms. The van der Waals surface area contributed by atoms with Crippen molar-refractivity contribution in [3.8, 4) is 0 Å². The highest BCUT2D eigenvalue weighted by atomic mass is 127. The zero-order valence-corrected chi connectivity index (χ0v) is 17.4. The van der Waals surface area contributed by atoms with Crippen molar-refractivity contribution in [2.75, 3.05) is 33.8 Å². The van der Waals surface area contributed by atoms with Crippen LogP contribution in [-0.2, 0) is 9.53 Å². The lowest BCUT2D eigenvalue weighted by Gasteiger charge is -2.24. The minimum absolute atomic E-state index is 0. The third-order valence-corrected chi connectivity index (χ3v) is 4.95. The largest absolute Gasteiger partial charge is 0.469 e. The number of likely N-dealkylation sites (tertiary alicyclic amines) is 1. The first-order chi connectivity index (χ1) is 11.2. The Morgan fingerprint density at radius 1 is 1.25 bits per heavy atom. The molecule has 24 heavy (non-hydrogen) atoms. The number of nitrogens with zero attached hydrogens (tertiary/aromatic N) is 2. The average Bonchev–Trinajstić information content (AvgIpc) is 3.24. The summed E-state index contributed by atoms with van der Waals surface area (Å²) in [7, 11) is 3.25. The second-order valence-corrected chi connectivity index (χ2v) is 6.60.